The van der Waals surface area contributed by atoms with E-state index in [-0.39, 0.29) is 0 Å². The summed E-state index contributed by atoms with van der Waals surface area (Å²) >= 11 is 0. The number of aryl methyl sites for hydroxylation is 1. The fraction of sp³-hybridized carbons (Fsp3) is 0.462. The summed E-state index contributed by atoms with van der Waals surface area (Å²) in [7, 11) is 0. The molecule has 15 heavy (non-hydrogen) atoms. The Kier molecular flexibility index (Phi) is 1.84. The van der Waals surface area contributed by atoms with E-state index in [0.717, 1.165) is 23.6 Å². The Labute approximate surface area is 89.3 Å². The fourth-order valence-corrected chi connectivity index (χ4v) is 2.60. The molecular formula is C13H15NO. The highest BCUT2D eigenvalue weighted by Gasteiger charge is 2.24. The molecule has 0 radical (unpaired) electrons. The Morgan fingerprint density at radius 2 is 2.27 bits per heavy atom. The molecule has 78 valence electrons. The Morgan fingerprint density at radius 3 is 3.07 bits per heavy atom. The molecule has 2 heteroatoms. The molecule has 0 fully saturated rings. The summed E-state index contributed by atoms with van der Waals surface area (Å²) in [5, 5.41) is 5.23. The van der Waals surface area contributed by atoms with E-state index in [1.807, 2.05) is 6.92 Å². The van der Waals surface area contributed by atoms with E-state index >= 15 is 0 Å². The van der Waals surface area contributed by atoms with Crippen LogP contribution in [0.1, 0.15) is 30.2 Å². The maximum atomic E-state index is 5.43. The molecular weight excluding hydrogens is 186 g/mol. The van der Waals surface area contributed by atoms with Crippen LogP contribution in [0.4, 0.5) is 0 Å². The van der Waals surface area contributed by atoms with Gasteiger partial charge in [0.25, 0.3) is 0 Å². The van der Waals surface area contributed by atoms with Gasteiger partial charge in [0.1, 0.15) is 0 Å². The van der Waals surface area contributed by atoms with Gasteiger partial charge >= 0.3 is 0 Å². The van der Waals surface area contributed by atoms with Gasteiger partial charge in [-0.2, -0.15) is 0 Å². The van der Waals surface area contributed by atoms with Crippen molar-refractivity contribution in [2.24, 2.45) is 5.92 Å². The van der Waals surface area contributed by atoms with Gasteiger partial charge in [-0.1, -0.05) is 24.6 Å². The van der Waals surface area contributed by atoms with E-state index < -0.39 is 0 Å². The summed E-state index contributed by atoms with van der Waals surface area (Å²) in [6.07, 6.45) is 3.63. The SMILES string of the molecule is CC[C@@H]1Cc2ccc3c(C)noc3c2C1. The lowest BCUT2D eigenvalue weighted by Crippen LogP contribution is -1.95. The topological polar surface area (TPSA) is 26.0 Å². The van der Waals surface area contributed by atoms with Crippen molar-refractivity contribution in [2.45, 2.75) is 33.1 Å². The first-order valence-corrected chi connectivity index (χ1v) is 5.66. The number of hydrogen-bond donors (Lipinski definition) is 0. The second kappa shape index (κ2) is 3.09. The van der Waals surface area contributed by atoms with Crippen LogP contribution in [-0.2, 0) is 12.8 Å². The van der Waals surface area contributed by atoms with Crippen LogP contribution in [0.2, 0.25) is 0 Å². The van der Waals surface area contributed by atoms with Gasteiger partial charge in [-0.05, 0) is 37.3 Å². The molecule has 1 heterocycles. The van der Waals surface area contributed by atoms with Crippen molar-refractivity contribution in [1.82, 2.24) is 5.16 Å². The van der Waals surface area contributed by atoms with Crippen LogP contribution >= 0.6 is 0 Å². The molecule has 1 aromatic carbocycles. The molecule has 2 nitrogen and oxygen atoms in total. The Hall–Kier alpha value is -1.31. The van der Waals surface area contributed by atoms with Crippen LogP contribution in [0.5, 0.6) is 0 Å². The minimum atomic E-state index is 0.802. The Balaban J connectivity index is 2.21. The van der Waals surface area contributed by atoms with Gasteiger partial charge in [0, 0.05) is 10.9 Å². The van der Waals surface area contributed by atoms with Crippen LogP contribution in [-0.4, -0.2) is 5.16 Å². The molecule has 1 aromatic heterocycles. The van der Waals surface area contributed by atoms with E-state index in [1.165, 1.54) is 29.4 Å². The van der Waals surface area contributed by atoms with Gasteiger partial charge in [0.15, 0.2) is 5.58 Å². The average Bonchev–Trinajstić information content (AvgIpc) is 2.81. The first kappa shape index (κ1) is 8.96. The van der Waals surface area contributed by atoms with Crippen LogP contribution in [0.25, 0.3) is 11.0 Å². The third-order valence-corrected chi connectivity index (χ3v) is 3.60. The van der Waals surface area contributed by atoms with Crippen molar-refractivity contribution in [2.75, 3.05) is 0 Å². The number of hydrogen-bond acceptors (Lipinski definition) is 2. The molecule has 1 aliphatic carbocycles. The van der Waals surface area contributed by atoms with Crippen LogP contribution < -0.4 is 0 Å². The zero-order valence-electron chi connectivity index (χ0n) is 9.21. The molecule has 1 aliphatic rings. The van der Waals surface area contributed by atoms with Crippen molar-refractivity contribution < 1.29 is 4.52 Å². The molecule has 0 saturated heterocycles. The number of nitrogens with zero attached hydrogens (tertiary/aromatic N) is 1. The van der Waals surface area contributed by atoms with Gasteiger partial charge in [0.05, 0.1) is 5.69 Å². The van der Waals surface area contributed by atoms with Crippen LogP contribution in [0.15, 0.2) is 16.7 Å². The van der Waals surface area contributed by atoms with Crippen molar-refractivity contribution in [1.29, 1.82) is 0 Å². The third kappa shape index (κ3) is 1.21. The molecule has 0 amide bonds. The van der Waals surface area contributed by atoms with E-state index in [4.69, 9.17) is 4.52 Å². The van der Waals surface area contributed by atoms with Crippen molar-refractivity contribution in [3.05, 3.63) is 29.0 Å². The first-order chi connectivity index (χ1) is 7.29. The van der Waals surface area contributed by atoms with E-state index in [2.05, 4.69) is 24.2 Å². The second-order valence-corrected chi connectivity index (χ2v) is 4.53. The van der Waals surface area contributed by atoms with Crippen LogP contribution in [0, 0.1) is 12.8 Å². The van der Waals surface area contributed by atoms with E-state index in [1.54, 1.807) is 0 Å². The highest BCUT2D eigenvalue weighted by molar-refractivity contribution is 5.83. The monoisotopic (exact) mass is 201 g/mol. The number of benzene rings is 1. The molecule has 0 aliphatic heterocycles. The summed E-state index contributed by atoms with van der Waals surface area (Å²) in [6, 6.07) is 4.40. The summed E-state index contributed by atoms with van der Waals surface area (Å²) < 4.78 is 5.43. The predicted octanol–water partition coefficient (Wildman–Crippen LogP) is 3.26. The molecule has 0 unspecified atom stereocenters. The minimum absolute atomic E-state index is 0.802. The van der Waals surface area contributed by atoms with Crippen LogP contribution in [0.3, 0.4) is 0 Å². The standard InChI is InChI=1S/C13H15NO/c1-3-9-6-10-4-5-11-8(2)14-15-13(11)12(10)7-9/h4-5,9H,3,6-7H2,1-2H3/t9-/m1/s1. The summed E-state index contributed by atoms with van der Waals surface area (Å²) in [5.41, 5.74) is 4.90. The summed E-state index contributed by atoms with van der Waals surface area (Å²) in [6.45, 7) is 4.27. The van der Waals surface area contributed by atoms with E-state index in [9.17, 15) is 0 Å². The average molecular weight is 201 g/mol. The molecule has 1 atom stereocenters. The van der Waals surface area contributed by atoms with Crippen molar-refractivity contribution in [3.8, 4) is 0 Å². The quantitative estimate of drug-likeness (QED) is 0.707. The zero-order chi connectivity index (χ0) is 10.4. The maximum absolute atomic E-state index is 5.43. The van der Waals surface area contributed by atoms with Crippen molar-refractivity contribution >= 4 is 11.0 Å². The minimum Gasteiger partial charge on any atom is -0.356 e. The lowest BCUT2D eigenvalue weighted by Gasteiger charge is -2.01. The number of aromatic nitrogens is 1. The Bertz CT molecular complexity index is 512. The number of fused-ring (bicyclic) bond motifs is 3. The van der Waals surface area contributed by atoms with Gasteiger partial charge in [-0.25, -0.2) is 0 Å². The van der Waals surface area contributed by atoms with E-state index in [0.29, 0.717) is 0 Å². The predicted molar refractivity (Wildman–Crippen MR) is 59.9 cm³/mol. The summed E-state index contributed by atoms with van der Waals surface area (Å²) in [4.78, 5) is 0. The smallest absolute Gasteiger partial charge is 0.170 e. The molecule has 0 bridgehead atoms. The largest absolute Gasteiger partial charge is 0.356 e. The number of rotatable bonds is 1. The Morgan fingerprint density at radius 1 is 1.40 bits per heavy atom. The molecule has 0 N–H and O–H groups in total. The highest BCUT2D eigenvalue weighted by Crippen LogP contribution is 2.34. The van der Waals surface area contributed by atoms with Gasteiger partial charge in [0.2, 0.25) is 0 Å². The molecule has 2 aromatic rings. The van der Waals surface area contributed by atoms with Gasteiger partial charge in [-0.15, -0.1) is 0 Å². The molecule has 3 rings (SSSR count). The maximum Gasteiger partial charge on any atom is 0.170 e. The summed E-state index contributed by atoms with van der Waals surface area (Å²) in [5.74, 6) is 0.802. The lowest BCUT2D eigenvalue weighted by molar-refractivity contribution is 0.446. The van der Waals surface area contributed by atoms with Crippen molar-refractivity contribution in [3.63, 3.8) is 0 Å². The fourth-order valence-electron chi connectivity index (χ4n) is 2.60. The van der Waals surface area contributed by atoms with Gasteiger partial charge in [-0.3, -0.25) is 0 Å². The highest BCUT2D eigenvalue weighted by atomic mass is 16.5. The van der Waals surface area contributed by atoms with Gasteiger partial charge < -0.3 is 4.52 Å². The molecule has 0 saturated carbocycles. The lowest BCUT2D eigenvalue weighted by atomic mass is 10.0. The zero-order valence-corrected chi connectivity index (χ0v) is 9.21. The second-order valence-electron chi connectivity index (χ2n) is 4.53. The normalized spacial score (nSPS) is 19.7. The third-order valence-electron chi connectivity index (χ3n) is 3.60. The molecule has 0 spiro atoms. The first-order valence-electron chi connectivity index (χ1n) is 5.66.